The van der Waals surface area contributed by atoms with Gasteiger partial charge in [0.15, 0.2) is 0 Å². The van der Waals surface area contributed by atoms with E-state index in [1.54, 1.807) is 0 Å². The Morgan fingerprint density at radius 2 is 0.884 bits per heavy atom. The second kappa shape index (κ2) is 15.7. The summed E-state index contributed by atoms with van der Waals surface area (Å²) in [5.74, 6) is 0. The van der Waals surface area contributed by atoms with Crippen LogP contribution in [0.4, 0.5) is 17.1 Å². The van der Waals surface area contributed by atoms with Crippen LogP contribution in [-0.2, 0) is 28.1 Å². The number of benzene rings is 9. The molecule has 0 aliphatic heterocycles. The molecule has 0 N–H and O–H groups in total. The van der Waals surface area contributed by atoms with E-state index in [1.165, 1.54) is 100 Å². The van der Waals surface area contributed by atoms with E-state index in [0.717, 1.165) is 29.9 Å². The fourth-order valence-electron chi connectivity index (χ4n) is 12.5. The number of hydrogen-bond donors (Lipinski definition) is 0. The normalized spacial score (nSPS) is 16.2. The minimum atomic E-state index is -0.201. The second-order valence-corrected chi connectivity index (χ2v) is 22.5. The van der Waals surface area contributed by atoms with Gasteiger partial charge in [-0.1, -0.05) is 225 Å². The topological polar surface area (TPSA) is 3.24 Å². The zero-order valence-electron chi connectivity index (χ0n) is 41.4. The van der Waals surface area contributed by atoms with Crippen molar-refractivity contribution in [3.05, 3.63) is 245 Å². The molecule has 9 aromatic carbocycles. The number of anilines is 3. The number of rotatable bonds is 6. The third-order valence-electron chi connectivity index (χ3n) is 16.0. The van der Waals surface area contributed by atoms with Crippen molar-refractivity contribution < 1.29 is 0 Å². The van der Waals surface area contributed by atoms with Crippen molar-refractivity contribution in [2.45, 2.75) is 89.9 Å². The second-order valence-electron chi connectivity index (χ2n) is 22.5. The fourth-order valence-corrected chi connectivity index (χ4v) is 12.5. The van der Waals surface area contributed by atoms with Gasteiger partial charge >= 0.3 is 0 Å². The van der Waals surface area contributed by atoms with Crippen LogP contribution in [0.5, 0.6) is 0 Å². The van der Waals surface area contributed by atoms with Crippen LogP contribution in [0.15, 0.2) is 200 Å². The van der Waals surface area contributed by atoms with Gasteiger partial charge in [0.05, 0.1) is 5.69 Å². The van der Waals surface area contributed by atoms with Crippen LogP contribution in [0, 0.1) is 0 Å². The van der Waals surface area contributed by atoms with E-state index >= 15 is 0 Å². The number of para-hydroxylation sites is 1. The lowest BCUT2D eigenvalue weighted by Crippen LogP contribution is -2.24. The predicted octanol–water partition coefficient (Wildman–Crippen LogP) is 18.3. The number of aryl methyl sites for hydroxylation is 1. The first-order valence-corrected chi connectivity index (χ1v) is 25.1. The molecular formula is C68H61N. The molecule has 0 fully saturated rings. The maximum absolute atomic E-state index is 2.54. The molecule has 1 heteroatoms. The Balaban J connectivity index is 1.05. The number of nitrogens with zero attached hydrogens (tertiary/aromatic N) is 1. The minimum Gasteiger partial charge on any atom is -0.310 e. The maximum atomic E-state index is 2.54. The van der Waals surface area contributed by atoms with Crippen molar-refractivity contribution in [2.24, 2.45) is 0 Å². The summed E-state index contributed by atoms with van der Waals surface area (Å²) in [4.78, 5) is 2.53. The molecule has 338 valence electrons. The zero-order chi connectivity index (χ0) is 47.5. The lowest BCUT2D eigenvalue weighted by atomic mass is 9.73. The van der Waals surface area contributed by atoms with Gasteiger partial charge in [-0.3, -0.25) is 0 Å². The molecule has 0 saturated heterocycles. The van der Waals surface area contributed by atoms with Crippen molar-refractivity contribution in [2.75, 3.05) is 4.90 Å². The number of hydrogen-bond acceptors (Lipinski definition) is 1. The third kappa shape index (κ3) is 6.72. The Hall–Kier alpha value is -7.22. The molecule has 0 bridgehead atoms. The van der Waals surface area contributed by atoms with Crippen molar-refractivity contribution in [1.82, 2.24) is 0 Å². The van der Waals surface area contributed by atoms with Crippen LogP contribution in [0.2, 0.25) is 0 Å². The van der Waals surface area contributed by atoms with Gasteiger partial charge in [0, 0.05) is 27.8 Å². The first-order valence-electron chi connectivity index (χ1n) is 25.1. The number of fused-ring (bicyclic) bond motifs is 10. The summed E-state index contributed by atoms with van der Waals surface area (Å²) in [6.07, 6.45) is 2.13. The molecule has 1 atom stereocenters. The molecule has 3 aliphatic rings. The summed E-state index contributed by atoms with van der Waals surface area (Å²) < 4.78 is 0. The van der Waals surface area contributed by atoms with E-state index in [4.69, 9.17) is 0 Å². The lowest BCUT2D eigenvalue weighted by molar-refractivity contribution is 0.569. The monoisotopic (exact) mass is 891 g/mol. The van der Waals surface area contributed by atoms with E-state index in [0.29, 0.717) is 0 Å². The van der Waals surface area contributed by atoms with Gasteiger partial charge < -0.3 is 4.90 Å². The van der Waals surface area contributed by atoms with E-state index in [1.807, 2.05) is 0 Å². The van der Waals surface area contributed by atoms with Crippen molar-refractivity contribution in [1.29, 1.82) is 0 Å². The quantitative estimate of drug-likeness (QED) is 0.161. The van der Waals surface area contributed by atoms with E-state index < -0.39 is 0 Å². The van der Waals surface area contributed by atoms with Crippen LogP contribution < -0.4 is 4.90 Å². The smallest absolute Gasteiger partial charge is 0.0540 e. The van der Waals surface area contributed by atoms with Crippen molar-refractivity contribution in [3.8, 4) is 55.6 Å². The Labute approximate surface area is 410 Å². The average Bonchev–Trinajstić information content (AvgIpc) is 3.97. The first-order chi connectivity index (χ1) is 33.2. The highest BCUT2D eigenvalue weighted by atomic mass is 15.1. The van der Waals surface area contributed by atoms with Crippen molar-refractivity contribution >= 4 is 17.1 Å². The third-order valence-corrected chi connectivity index (χ3v) is 16.0. The molecule has 0 amide bonds. The standard InChI is InChI=1S/C68H61N/c1-65(2,3)47-40-46(41-48(42-47)66(4,5)6)52-22-14-18-31-63(52)69(50-36-37-56-54-24-13-17-30-61(54)68(62(56)43-50)39-38-45-20-9-15-28-59(45)68)49-34-32-44(33-35-49)51-21-10-11-23-53(51)57-26-19-27-58-55-25-12-16-29-60(55)67(7,8)64(57)58/h9-37,40-43H,38-39H2,1-8H3. The zero-order valence-corrected chi connectivity index (χ0v) is 41.4. The summed E-state index contributed by atoms with van der Waals surface area (Å²) in [7, 11) is 0. The summed E-state index contributed by atoms with van der Waals surface area (Å²) >= 11 is 0. The lowest BCUT2D eigenvalue weighted by Gasteiger charge is -2.32. The summed E-state index contributed by atoms with van der Waals surface area (Å²) in [6.45, 7) is 18.8. The molecule has 69 heavy (non-hydrogen) atoms. The Kier molecular flexibility index (Phi) is 9.78. The maximum Gasteiger partial charge on any atom is 0.0540 e. The molecule has 1 spiro atoms. The van der Waals surface area contributed by atoms with E-state index in [-0.39, 0.29) is 21.7 Å². The molecule has 1 unspecified atom stereocenters. The molecule has 0 radical (unpaired) electrons. The van der Waals surface area contributed by atoms with Gasteiger partial charge in [-0.2, -0.15) is 0 Å². The van der Waals surface area contributed by atoms with Crippen LogP contribution in [0.25, 0.3) is 55.6 Å². The van der Waals surface area contributed by atoms with Gasteiger partial charge in [-0.25, -0.2) is 0 Å². The van der Waals surface area contributed by atoms with Crippen LogP contribution in [-0.4, -0.2) is 0 Å². The highest BCUT2D eigenvalue weighted by molar-refractivity contribution is 5.95. The molecular weight excluding hydrogens is 831 g/mol. The van der Waals surface area contributed by atoms with E-state index in [2.05, 4.69) is 260 Å². The largest absolute Gasteiger partial charge is 0.310 e. The molecule has 12 rings (SSSR count). The average molecular weight is 892 g/mol. The van der Waals surface area contributed by atoms with E-state index in [9.17, 15) is 0 Å². The Morgan fingerprint density at radius 1 is 0.377 bits per heavy atom. The molecule has 9 aromatic rings. The molecule has 3 aliphatic carbocycles. The Bertz CT molecular complexity index is 3460. The molecule has 0 aromatic heterocycles. The van der Waals surface area contributed by atoms with Crippen LogP contribution in [0.3, 0.4) is 0 Å². The van der Waals surface area contributed by atoms with Crippen molar-refractivity contribution in [3.63, 3.8) is 0 Å². The van der Waals surface area contributed by atoms with Gasteiger partial charge in [0.1, 0.15) is 0 Å². The SMILES string of the molecule is CC(C)(C)c1cc(-c2ccccc2N(c2ccc(-c3ccccc3-c3cccc4c3C(C)(C)c3ccccc3-4)cc2)c2ccc3c(c2)C2(CCc4ccccc42)c2ccccc2-3)cc(C(C)(C)C)c1. The summed E-state index contributed by atoms with van der Waals surface area (Å²) in [6, 6.07) is 76.3. The highest BCUT2D eigenvalue weighted by Crippen LogP contribution is 2.60. The molecule has 0 saturated carbocycles. The predicted molar refractivity (Wildman–Crippen MR) is 292 cm³/mol. The van der Waals surface area contributed by atoms with Gasteiger partial charge in [-0.05, 0) is 149 Å². The highest BCUT2D eigenvalue weighted by Gasteiger charge is 2.48. The van der Waals surface area contributed by atoms with Gasteiger partial charge in [-0.15, -0.1) is 0 Å². The molecule has 0 heterocycles. The van der Waals surface area contributed by atoms with Crippen LogP contribution in [0.1, 0.15) is 106 Å². The van der Waals surface area contributed by atoms with Gasteiger partial charge in [0.25, 0.3) is 0 Å². The first kappa shape index (κ1) is 43.1. The fraction of sp³-hybridized carbons (Fsp3) is 0.206. The van der Waals surface area contributed by atoms with Crippen LogP contribution >= 0.6 is 0 Å². The minimum absolute atomic E-state index is 0.0167. The van der Waals surface area contributed by atoms with Gasteiger partial charge in [0.2, 0.25) is 0 Å². The molecule has 1 nitrogen and oxygen atoms in total. The Morgan fingerprint density at radius 3 is 1.57 bits per heavy atom. The summed E-state index contributed by atoms with van der Waals surface area (Å²) in [5.41, 5.74) is 27.2. The summed E-state index contributed by atoms with van der Waals surface area (Å²) in [5, 5.41) is 0.